The van der Waals surface area contributed by atoms with Crippen LogP contribution in [0.15, 0.2) is 24.3 Å². The molecule has 1 rings (SSSR count). The first-order chi connectivity index (χ1) is 12.5. The Morgan fingerprint density at radius 3 is 2.27 bits per heavy atom. The zero-order chi connectivity index (χ0) is 19.4. The molecule has 6 nitrogen and oxygen atoms in total. The van der Waals surface area contributed by atoms with Crippen LogP contribution in [0, 0.1) is 6.92 Å². The smallest absolute Gasteiger partial charge is 0.243 e. The van der Waals surface area contributed by atoms with E-state index in [-0.39, 0.29) is 30.8 Å². The Kier molecular flexibility index (Phi) is 10.1. The maximum atomic E-state index is 12.2. The number of rotatable bonds is 11. The van der Waals surface area contributed by atoms with Crippen LogP contribution in [0.2, 0.25) is 0 Å². The number of hydrogen-bond donors (Lipinski definition) is 2. The number of unbranched alkanes of at least 4 members (excludes halogenated alkanes) is 2. The maximum Gasteiger partial charge on any atom is 0.243 e. The van der Waals surface area contributed by atoms with Gasteiger partial charge in [0.05, 0.1) is 13.1 Å². The highest BCUT2D eigenvalue weighted by molar-refractivity contribution is 5.95. The number of nitrogens with one attached hydrogen (secondary N) is 2. The fourth-order valence-corrected chi connectivity index (χ4v) is 2.50. The summed E-state index contributed by atoms with van der Waals surface area (Å²) in [5.74, 6) is -0.612. The molecule has 0 heterocycles. The van der Waals surface area contributed by atoms with Crippen LogP contribution in [-0.4, -0.2) is 42.3 Å². The second-order valence-electron chi connectivity index (χ2n) is 6.46. The van der Waals surface area contributed by atoms with Crippen molar-refractivity contribution in [1.82, 2.24) is 10.2 Å². The minimum atomic E-state index is -0.318. The molecule has 144 valence electrons. The summed E-state index contributed by atoms with van der Waals surface area (Å²) in [5.41, 5.74) is 1.80. The van der Waals surface area contributed by atoms with Crippen LogP contribution in [0.25, 0.3) is 0 Å². The SMILES string of the molecule is CCCCCC(=O)N(CCC)CC(=O)NCC(=O)Nc1ccc(C)cc1. The lowest BCUT2D eigenvalue weighted by Crippen LogP contribution is -2.43. The summed E-state index contributed by atoms with van der Waals surface area (Å²) in [4.78, 5) is 37.8. The third-order valence-electron chi connectivity index (χ3n) is 3.96. The van der Waals surface area contributed by atoms with E-state index < -0.39 is 0 Å². The molecule has 0 atom stereocenters. The minimum absolute atomic E-state index is 0.000410. The van der Waals surface area contributed by atoms with Crippen LogP contribution in [0.4, 0.5) is 5.69 Å². The van der Waals surface area contributed by atoms with Gasteiger partial charge in [-0.1, -0.05) is 44.4 Å². The molecule has 1 aromatic rings. The molecule has 0 aliphatic carbocycles. The van der Waals surface area contributed by atoms with Gasteiger partial charge in [-0.2, -0.15) is 0 Å². The molecule has 0 saturated heterocycles. The van der Waals surface area contributed by atoms with E-state index in [0.29, 0.717) is 18.7 Å². The van der Waals surface area contributed by atoms with Gasteiger partial charge >= 0.3 is 0 Å². The van der Waals surface area contributed by atoms with Crippen LogP contribution in [0.5, 0.6) is 0 Å². The van der Waals surface area contributed by atoms with Gasteiger partial charge in [-0.25, -0.2) is 0 Å². The number of hydrogen-bond acceptors (Lipinski definition) is 3. The van der Waals surface area contributed by atoms with Crippen molar-refractivity contribution in [2.45, 2.75) is 52.9 Å². The van der Waals surface area contributed by atoms with E-state index in [9.17, 15) is 14.4 Å². The van der Waals surface area contributed by atoms with Crippen molar-refractivity contribution in [2.75, 3.05) is 25.0 Å². The number of carbonyl (C=O) groups is 3. The molecule has 2 N–H and O–H groups in total. The Balaban J connectivity index is 2.40. The van der Waals surface area contributed by atoms with Crippen LogP contribution in [0.3, 0.4) is 0 Å². The Labute approximate surface area is 156 Å². The predicted octanol–water partition coefficient (Wildman–Crippen LogP) is 2.87. The zero-order valence-corrected chi connectivity index (χ0v) is 16.1. The number of amides is 3. The van der Waals surface area contributed by atoms with E-state index in [4.69, 9.17) is 0 Å². The van der Waals surface area contributed by atoms with E-state index in [1.54, 1.807) is 4.90 Å². The second kappa shape index (κ2) is 12.1. The lowest BCUT2D eigenvalue weighted by atomic mass is 10.2. The van der Waals surface area contributed by atoms with Crippen LogP contribution in [0.1, 0.15) is 51.5 Å². The van der Waals surface area contributed by atoms with Crippen molar-refractivity contribution in [3.05, 3.63) is 29.8 Å². The van der Waals surface area contributed by atoms with Crippen LogP contribution in [-0.2, 0) is 14.4 Å². The van der Waals surface area contributed by atoms with Crippen molar-refractivity contribution >= 4 is 23.4 Å². The average Bonchev–Trinajstić information content (AvgIpc) is 2.61. The van der Waals surface area contributed by atoms with Crippen molar-refractivity contribution in [1.29, 1.82) is 0 Å². The molecule has 0 aliphatic heterocycles. The Morgan fingerprint density at radius 1 is 0.962 bits per heavy atom. The molecule has 1 aromatic carbocycles. The van der Waals surface area contributed by atoms with Crippen molar-refractivity contribution in [3.63, 3.8) is 0 Å². The number of aryl methyl sites for hydroxylation is 1. The summed E-state index contributed by atoms with van der Waals surface area (Å²) in [6.07, 6.45) is 4.17. The molecule has 0 bridgehead atoms. The van der Waals surface area contributed by atoms with Gasteiger partial charge in [0.1, 0.15) is 0 Å². The van der Waals surface area contributed by atoms with Crippen molar-refractivity contribution in [2.24, 2.45) is 0 Å². The molecule has 0 aromatic heterocycles. The zero-order valence-electron chi connectivity index (χ0n) is 16.1. The minimum Gasteiger partial charge on any atom is -0.345 e. The molecule has 0 aliphatic rings. The Hall–Kier alpha value is -2.37. The van der Waals surface area contributed by atoms with Crippen molar-refractivity contribution in [3.8, 4) is 0 Å². The first-order valence-electron chi connectivity index (χ1n) is 9.37. The summed E-state index contributed by atoms with van der Waals surface area (Å²) in [7, 11) is 0. The highest BCUT2D eigenvalue weighted by Crippen LogP contribution is 2.08. The molecular weight excluding hydrogens is 330 g/mol. The number of anilines is 1. The number of benzene rings is 1. The number of nitrogens with zero attached hydrogens (tertiary/aromatic N) is 1. The van der Waals surface area contributed by atoms with E-state index in [2.05, 4.69) is 17.6 Å². The summed E-state index contributed by atoms with van der Waals surface area (Å²) < 4.78 is 0. The van der Waals surface area contributed by atoms with Gasteiger partial charge in [-0.3, -0.25) is 14.4 Å². The summed E-state index contributed by atoms with van der Waals surface area (Å²) in [6.45, 7) is 6.46. The van der Waals surface area contributed by atoms with Gasteiger partial charge in [0, 0.05) is 18.7 Å². The first-order valence-corrected chi connectivity index (χ1v) is 9.37. The van der Waals surface area contributed by atoms with Crippen LogP contribution >= 0.6 is 0 Å². The van der Waals surface area contributed by atoms with E-state index >= 15 is 0 Å². The number of carbonyl (C=O) groups excluding carboxylic acids is 3. The van der Waals surface area contributed by atoms with Gasteiger partial charge in [0.15, 0.2) is 0 Å². The standard InChI is InChI=1S/C20H31N3O3/c1-4-6-7-8-20(26)23(13-5-2)15-19(25)21-14-18(24)22-17-11-9-16(3)10-12-17/h9-12H,4-8,13-15H2,1-3H3,(H,21,25)(H,22,24). The highest BCUT2D eigenvalue weighted by atomic mass is 16.2. The van der Waals surface area contributed by atoms with E-state index in [0.717, 1.165) is 31.2 Å². The average molecular weight is 361 g/mol. The van der Waals surface area contributed by atoms with Crippen molar-refractivity contribution < 1.29 is 14.4 Å². The third-order valence-corrected chi connectivity index (χ3v) is 3.96. The normalized spacial score (nSPS) is 10.3. The lowest BCUT2D eigenvalue weighted by Gasteiger charge is -2.21. The Bertz CT molecular complexity index is 584. The molecule has 26 heavy (non-hydrogen) atoms. The molecule has 6 heteroatoms. The summed E-state index contributed by atoms with van der Waals surface area (Å²) in [5, 5.41) is 5.31. The molecule has 0 fully saturated rings. The lowest BCUT2D eigenvalue weighted by molar-refractivity contribution is -0.136. The van der Waals surface area contributed by atoms with Gasteiger partial charge in [0.2, 0.25) is 17.7 Å². The highest BCUT2D eigenvalue weighted by Gasteiger charge is 2.16. The largest absolute Gasteiger partial charge is 0.345 e. The second-order valence-corrected chi connectivity index (χ2v) is 6.46. The van der Waals surface area contributed by atoms with Gasteiger partial charge in [-0.15, -0.1) is 0 Å². The summed E-state index contributed by atoms with van der Waals surface area (Å²) >= 11 is 0. The predicted molar refractivity (Wildman–Crippen MR) is 104 cm³/mol. The third kappa shape index (κ3) is 8.65. The Morgan fingerprint density at radius 2 is 1.65 bits per heavy atom. The molecule has 0 radical (unpaired) electrons. The van der Waals surface area contributed by atoms with Crippen LogP contribution < -0.4 is 10.6 Å². The quantitative estimate of drug-likeness (QED) is 0.595. The van der Waals surface area contributed by atoms with E-state index in [1.807, 2.05) is 38.1 Å². The fraction of sp³-hybridized carbons (Fsp3) is 0.550. The monoisotopic (exact) mass is 361 g/mol. The van der Waals surface area contributed by atoms with Gasteiger partial charge in [0.25, 0.3) is 0 Å². The van der Waals surface area contributed by atoms with E-state index in [1.165, 1.54) is 0 Å². The molecular formula is C20H31N3O3. The molecule has 0 saturated carbocycles. The van der Waals surface area contributed by atoms with Gasteiger partial charge in [-0.05, 0) is 31.9 Å². The maximum absolute atomic E-state index is 12.2. The molecule has 3 amide bonds. The fourth-order valence-electron chi connectivity index (χ4n) is 2.50. The topological polar surface area (TPSA) is 78.5 Å². The first kappa shape index (κ1) is 21.7. The summed E-state index contributed by atoms with van der Waals surface area (Å²) in [6, 6.07) is 7.43. The molecule has 0 spiro atoms. The molecule has 0 unspecified atom stereocenters. The van der Waals surface area contributed by atoms with Gasteiger partial charge < -0.3 is 15.5 Å².